The van der Waals surface area contributed by atoms with Crippen molar-refractivity contribution in [3.8, 4) is 45.3 Å². The molecule has 1 heterocycles. The molecule has 5 rings (SSSR count). The first-order valence-corrected chi connectivity index (χ1v) is 38.8. The van der Waals surface area contributed by atoms with Gasteiger partial charge in [-0.15, -0.1) is 0 Å². The zero-order valence-electron chi connectivity index (χ0n) is 59.3. The molecule has 1 fully saturated rings. The lowest BCUT2D eigenvalue weighted by Gasteiger charge is -2.19. The molecule has 9 nitrogen and oxygen atoms in total. The summed E-state index contributed by atoms with van der Waals surface area (Å²) in [5.41, 5.74) is 5.77. The van der Waals surface area contributed by atoms with Gasteiger partial charge in [0.05, 0.1) is 19.8 Å². The molecule has 0 atom stereocenters. The van der Waals surface area contributed by atoms with E-state index in [0.29, 0.717) is 32.0 Å². The average Bonchev–Trinajstić information content (AvgIpc) is 3.39. The van der Waals surface area contributed by atoms with Gasteiger partial charge in [0.25, 0.3) is 11.8 Å². The van der Waals surface area contributed by atoms with E-state index in [1.807, 2.05) is 36.4 Å². The van der Waals surface area contributed by atoms with Gasteiger partial charge in [0, 0.05) is 0 Å². The monoisotopic (exact) mass is 1280 g/mol. The Hall–Kier alpha value is -5.57. The number of rotatable bonds is 60. The molecule has 0 radical (unpaired) electrons. The van der Waals surface area contributed by atoms with Crippen LogP contribution in [0.25, 0.3) is 28.3 Å². The van der Waals surface area contributed by atoms with Crippen LogP contribution < -0.4 is 29.6 Å². The number of carbonyl (C=O) groups excluding carboxylic acids is 3. The Labute approximate surface area is 567 Å². The largest absolute Gasteiger partial charge is 0.490 e. The first kappa shape index (κ1) is 78.1. The molecule has 0 aromatic heterocycles. The fourth-order valence-corrected chi connectivity index (χ4v) is 12.9. The van der Waals surface area contributed by atoms with Gasteiger partial charge in [-0.2, -0.15) is 0 Å². The van der Waals surface area contributed by atoms with Gasteiger partial charge in [-0.25, -0.2) is 4.79 Å². The van der Waals surface area contributed by atoms with Crippen molar-refractivity contribution in [1.29, 1.82) is 0 Å². The lowest BCUT2D eigenvalue weighted by atomic mass is 9.99. The molecule has 4 aromatic rings. The van der Waals surface area contributed by atoms with Crippen molar-refractivity contribution < 1.29 is 33.3 Å². The summed E-state index contributed by atoms with van der Waals surface area (Å²) in [4.78, 5) is 36.0. The van der Waals surface area contributed by atoms with E-state index in [0.717, 1.165) is 70.1 Å². The smallest absolute Gasteiger partial charge is 0.328 e. The van der Waals surface area contributed by atoms with Crippen LogP contribution >= 0.6 is 0 Å². The van der Waals surface area contributed by atoms with Crippen LogP contribution in [0.3, 0.4) is 0 Å². The summed E-state index contributed by atoms with van der Waals surface area (Å²) in [6.45, 7) is 9.21. The van der Waals surface area contributed by atoms with Crippen molar-refractivity contribution in [3.63, 3.8) is 0 Å². The number of ether oxygens (including phenoxy) is 4. The van der Waals surface area contributed by atoms with E-state index in [-0.39, 0.29) is 5.57 Å². The third-order valence-corrected chi connectivity index (χ3v) is 18.8. The molecular weight excluding hydrogens is 1150 g/mol. The number of benzene rings is 4. The molecule has 4 amide bonds. The molecule has 1 saturated heterocycles. The van der Waals surface area contributed by atoms with Crippen LogP contribution in [0.1, 0.15) is 340 Å². The second-order valence-electron chi connectivity index (χ2n) is 27.2. The van der Waals surface area contributed by atoms with Gasteiger partial charge in [-0.1, -0.05) is 370 Å². The maximum Gasteiger partial charge on any atom is 0.328 e. The minimum absolute atomic E-state index is 0.109. The molecule has 0 saturated carbocycles. The number of amides is 4. The van der Waals surface area contributed by atoms with E-state index < -0.39 is 17.8 Å². The zero-order valence-corrected chi connectivity index (χ0v) is 59.3. The van der Waals surface area contributed by atoms with Crippen LogP contribution in [0.5, 0.6) is 23.0 Å². The van der Waals surface area contributed by atoms with Crippen molar-refractivity contribution in [3.05, 3.63) is 102 Å². The molecule has 2 N–H and O–H groups in total. The van der Waals surface area contributed by atoms with Gasteiger partial charge < -0.3 is 18.9 Å². The standard InChI is InChI=1S/C84H130N2O7/c1-4-7-10-13-16-19-22-25-28-31-34-37-40-43-46-49-64-90-79-68-72(70-93-77-62-60-76(61-63-77)75-58-56-74(57-59-75)73-54-52-71(53-55-73)67-78-82(87)85-84(89)86-83(78)88)69-80(91-65-50-47-44-41-38-35-32-29-26-23-20-17-14-11-8-5-2)81(79)92-66-51-48-45-42-39-36-33-30-27-24-21-18-15-12-9-6-3/h52-63,67-69H,4-51,64-66,70H2,1-3H3,(H2,85,86,87,88,89). The lowest BCUT2D eigenvalue weighted by Crippen LogP contribution is -2.51. The first-order valence-electron chi connectivity index (χ1n) is 38.8. The Kier molecular flexibility index (Phi) is 44.3. The highest BCUT2D eigenvalue weighted by Gasteiger charge is 2.27. The zero-order chi connectivity index (χ0) is 65.7. The van der Waals surface area contributed by atoms with Crippen LogP contribution in [0.4, 0.5) is 4.79 Å². The van der Waals surface area contributed by atoms with Crippen LogP contribution in [0, 0.1) is 0 Å². The molecule has 0 bridgehead atoms. The summed E-state index contributed by atoms with van der Waals surface area (Å²) in [5.74, 6) is 1.65. The second kappa shape index (κ2) is 52.7. The fourth-order valence-electron chi connectivity index (χ4n) is 12.9. The van der Waals surface area contributed by atoms with Crippen LogP contribution in [-0.2, 0) is 16.2 Å². The summed E-state index contributed by atoms with van der Waals surface area (Å²) < 4.78 is 26.8. The molecule has 0 unspecified atom stereocenters. The number of unbranched alkanes of at least 4 members (excludes halogenated alkanes) is 45. The van der Waals surface area contributed by atoms with E-state index in [4.69, 9.17) is 18.9 Å². The topological polar surface area (TPSA) is 112 Å². The third-order valence-electron chi connectivity index (χ3n) is 18.8. The van der Waals surface area contributed by atoms with Crippen LogP contribution in [0.2, 0.25) is 0 Å². The number of barbiturate groups is 1. The normalized spacial score (nSPS) is 12.3. The van der Waals surface area contributed by atoms with Gasteiger partial charge in [0.15, 0.2) is 11.5 Å². The summed E-state index contributed by atoms with van der Waals surface area (Å²) in [6, 6.07) is 27.8. The van der Waals surface area contributed by atoms with Crippen molar-refractivity contribution in [2.75, 3.05) is 19.8 Å². The molecule has 0 spiro atoms. The first-order chi connectivity index (χ1) is 45.9. The molecule has 4 aromatic carbocycles. The SMILES string of the molecule is CCCCCCCCCCCCCCCCCCOc1cc(COc2ccc(-c3ccc(-c4ccc(C=C5C(=O)NC(=O)NC5=O)cc4)cc3)cc2)cc(OCCCCCCCCCCCCCCCCCC)c1OCCCCCCCCCCCCCCCCCC. The number of carbonyl (C=O) groups is 3. The highest BCUT2D eigenvalue weighted by molar-refractivity contribution is 6.31. The number of imide groups is 2. The number of hydrogen-bond donors (Lipinski definition) is 2. The molecule has 9 heteroatoms. The Balaban J connectivity index is 1.16. The van der Waals surface area contributed by atoms with Crippen molar-refractivity contribution in [2.24, 2.45) is 0 Å². The van der Waals surface area contributed by atoms with E-state index in [1.165, 1.54) is 295 Å². The van der Waals surface area contributed by atoms with E-state index in [2.05, 4.69) is 79.9 Å². The van der Waals surface area contributed by atoms with Crippen LogP contribution in [0.15, 0.2) is 90.5 Å². The van der Waals surface area contributed by atoms with Gasteiger partial charge in [0.1, 0.15) is 17.9 Å². The fraction of sp³-hybridized carbons (Fsp3) is 0.655. The minimum atomic E-state index is -0.812. The van der Waals surface area contributed by atoms with E-state index in [1.54, 1.807) is 0 Å². The van der Waals surface area contributed by atoms with E-state index >= 15 is 0 Å². The second-order valence-corrected chi connectivity index (χ2v) is 27.2. The van der Waals surface area contributed by atoms with Crippen molar-refractivity contribution in [1.82, 2.24) is 10.6 Å². The van der Waals surface area contributed by atoms with Crippen molar-refractivity contribution in [2.45, 2.75) is 336 Å². The van der Waals surface area contributed by atoms with Gasteiger partial charge in [-0.3, -0.25) is 20.2 Å². The summed E-state index contributed by atoms with van der Waals surface area (Å²) in [5, 5.41) is 4.24. The minimum Gasteiger partial charge on any atom is -0.490 e. The Morgan fingerprint density at radius 1 is 0.301 bits per heavy atom. The average molecular weight is 1280 g/mol. The molecule has 1 aliphatic heterocycles. The maximum atomic E-state index is 12.2. The van der Waals surface area contributed by atoms with Gasteiger partial charge in [0.2, 0.25) is 5.75 Å². The molecule has 518 valence electrons. The van der Waals surface area contributed by atoms with Crippen LogP contribution in [-0.4, -0.2) is 37.7 Å². The van der Waals surface area contributed by atoms with Gasteiger partial charge >= 0.3 is 6.03 Å². The molecule has 1 aliphatic rings. The summed E-state index contributed by atoms with van der Waals surface area (Å²) in [6.07, 6.45) is 65.9. The number of hydrogen-bond acceptors (Lipinski definition) is 7. The number of urea groups is 1. The predicted molar refractivity (Wildman–Crippen MR) is 393 cm³/mol. The lowest BCUT2D eigenvalue weighted by molar-refractivity contribution is -0.123. The van der Waals surface area contributed by atoms with Gasteiger partial charge in [-0.05, 0) is 83.0 Å². The highest BCUT2D eigenvalue weighted by atomic mass is 16.5. The quantitative estimate of drug-likeness (QED) is 0.0257. The molecule has 0 aliphatic carbocycles. The molecular formula is C84H130N2O7. The van der Waals surface area contributed by atoms with Crippen molar-refractivity contribution >= 4 is 23.9 Å². The summed E-state index contributed by atoms with van der Waals surface area (Å²) >= 11 is 0. The summed E-state index contributed by atoms with van der Waals surface area (Å²) in [7, 11) is 0. The highest BCUT2D eigenvalue weighted by Crippen LogP contribution is 2.40. The maximum absolute atomic E-state index is 12.2. The third kappa shape index (κ3) is 36.2. The number of nitrogens with one attached hydrogen (secondary N) is 2. The van der Waals surface area contributed by atoms with E-state index in [9.17, 15) is 14.4 Å². The Morgan fingerprint density at radius 3 is 0.860 bits per heavy atom. The Morgan fingerprint density at radius 2 is 0.559 bits per heavy atom. The molecule has 93 heavy (non-hydrogen) atoms. The Bertz CT molecular complexity index is 2470. The predicted octanol–water partition coefficient (Wildman–Crippen LogP) is 25.3.